The van der Waals surface area contributed by atoms with Crippen molar-refractivity contribution in [2.75, 3.05) is 5.73 Å². The SMILES string of the molecule is Cc1cnc(-c2noc(-c3nccnc3N)n2)nc1. The molecule has 0 spiro atoms. The fourth-order valence-electron chi connectivity index (χ4n) is 1.43. The largest absolute Gasteiger partial charge is 0.382 e. The van der Waals surface area contributed by atoms with Gasteiger partial charge in [-0.1, -0.05) is 5.16 Å². The summed E-state index contributed by atoms with van der Waals surface area (Å²) < 4.78 is 5.09. The third kappa shape index (κ3) is 2.10. The molecule has 0 radical (unpaired) electrons. The number of nitrogens with zero attached hydrogens (tertiary/aromatic N) is 6. The van der Waals surface area contributed by atoms with Crippen LogP contribution < -0.4 is 5.73 Å². The molecule has 8 heteroatoms. The highest BCUT2D eigenvalue weighted by Gasteiger charge is 2.16. The zero-order valence-electron chi connectivity index (χ0n) is 9.98. The average Bonchev–Trinajstić information content (AvgIpc) is 2.89. The highest BCUT2D eigenvalue weighted by Crippen LogP contribution is 2.21. The van der Waals surface area contributed by atoms with Crippen molar-refractivity contribution in [3.63, 3.8) is 0 Å². The van der Waals surface area contributed by atoms with E-state index in [2.05, 4.69) is 30.1 Å². The second-order valence-corrected chi connectivity index (χ2v) is 3.80. The lowest BCUT2D eigenvalue weighted by molar-refractivity contribution is 0.430. The van der Waals surface area contributed by atoms with Crippen LogP contribution in [0.15, 0.2) is 29.3 Å². The molecule has 0 aliphatic rings. The summed E-state index contributed by atoms with van der Waals surface area (Å²) in [5.41, 5.74) is 6.98. The Bertz CT molecular complexity index is 707. The second kappa shape index (κ2) is 4.41. The molecule has 3 heterocycles. The number of aryl methyl sites for hydroxylation is 1. The van der Waals surface area contributed by atoms with Gasteiger partial charge in [-0.25, -0.2) is 19.9 Å². The number of nitrogen functional groups attached to an aromatic ring is 1. The van der Waals surface area contributed by atoms with E-state index < -0.39 is 0 Å². The molecule has 3 rings (SSSR count). The van der Waals surface area contributed by atoms with Crippen LogP contribution in [-0.4, -0.2) is 30.1 Å². The first-order valence-corrected chi connectivity index (χ1v) is 5.43. The van der Waals surface area contributed by atoms with Crippen LogP contribution in [0.5, 0.6) is 0 Å². The molecule has 19 heavy (non-hydrogen) atoms. The van der Waals surface area contributed by atoms with E-state index in [1.165, 1.54) is 12.4 Å². The first-order valence-electron chi connectivity index (χ1n) is 5.43. The highest BCUT2D eigenvalue weighted by atomic mass is 16.5. The van der Waals surface area contributed by atoms with Gasteiger partial charge >= 0.3 is 0 Å². The summed E-state index contributed by atoms with van der Waals surface area (Å²) in [7, 11) is 0. The van der Waals surface area contributed by atoms with E-state index in [1.54, 1.807) is 12.4 Å². The molecule has 0 atom stereocenters. The molecule has 0 aliphatic heterocycles. The third-order valence-corrected chi connectivity index (χ3v) is 2.34. The molecule has 0 saturated carbocycles. The molecular formula is C11H9N7O. The van der Waals surface area contributed by atoms with Crippen LogP contribution in [0.1, 0.15) is 5.56 Å². The van der Waals surface area contributed by atoms with Gasteiger partial charge in [-0.2, -0.15) is 4.98 Å². The topological polar surface area (TPSA) is 116 Å². The summed E-state index contributed by atoms with van der Waals surface area (Å²) in [6.45, 7) is 1.89. The van der Waals surface area contributed by atoms with Gasteiger partial charge in [-0.3, -0.25) is 0 Å². The monoisotopic (exact) mass is 255 g/mol. The lowest BCUT2D eigenvalue weighted by atomic mass is 10.4. The van der Waals surface area contributed by atoms with Gasteiger partial charge in [0.2, 0.25) is 11.6 Å². The Morgan fingerprint density at radius 3 is 2.47 bits per heavy atom. The van der Waals surface area contributed by atoms with Crippen molar-refractivity contribution in [1.82, 2.24) is 30.1 Å². The van der Waals surface area contributed by atoms with Crippen molar-refractivity contribution < 1.29 is 4.52 Å². The van der Waals surface area contributed by atoms with Gasteiger partial charge in [-0.15, -0.1) is 0 Å². The lowest BCUT2D eigenvalue weighted by Crippen LogP contribution is -1.96. The summed E-state index contributed by atoms with van der Waals surface area (Å²) in [4.78, 5) is 20.3. The lowest BCUT2D eigenvalue weighted by Gasteiger charge is -1.95. The van der Waals surface area contributed by atoms with Gasteiger partial charge in [0.05, 0.1) is 0 Å². The second-order valence-electron chi connectivity index (χ2n) is 3.80. The van der Waals surface area contributed by atoms with E-state index in [9.17, 15) is 0 Å². The van der Waals surface area contributed by atoms with Gasteiger partial charge in [0.1, 0.15) is 0 Å². The van der Waals surface area contributed by atoms with E-state index in [1.807, 2.05) is 6.92 Å². The van der Waals surface area contributed by atoms with Gasteiger partial charge in [0.15, 0.2) is 11.5 Å². The normalized spacial score (nSPS) is 10.6. The Morgan fingerprint density at radius 1 is 1.00 bits per heavy atom. The number of hydrogen-bond donors (Lipinski definition) is 1. The minimum absolute atomic E-state index is 0.185. The molecule has 0 aliphatic carbocycles. The maximum absolute atomic E-state index is 5.69. The van der Waals surface area contributed by atoms with E-state index in [-0.39, 0.29) is 17.5 Å². The van der Waals surface area contributed by atoms with Gasteiger partial charge in [0.25, 0.3) is 5.89 Å². The van der Waals surface area contributed by atoms with Crippen LogP contribution in [0.25, 0.3) is 23.2 Å². The maximum atomic E-state index is 5.69. The molecule has 8 nitrogen and oxygen atoms in total. The van der Waals surface area contributed by atoms with E-state index in [4.69, 9.17) is 10.3 Å². The van der Waals surface area contributed by atoms with Crippen molar-refractivity contribution in [1.29, 1.82) is 0 Å². The van der Waals surface area contributed by atoms with Gasteiger partial charge in [0, 0.05) is 24.8 Å². The molecule has 0 saturated heterocycles. The molecule has 3 aromatic heterocycles. The Labute approximate surface area is 107 Å². The number of rotatable bonds is 2. The Morgan fingerprint density at radius 2 is 1.74 bits per heavy atom. The molecule has 0 amide bonds. The van der Waals surface area contributed by atoms with Crippen LogP contribution in [-0.2, 0) is 0 Å². The molecule has 0 bridgehead atoms. The summed E-state index contributed by atoms with van der Waals surface area (Å²) in [6.07, 6.45) is 6.33. The number of nitrogens with two attached hydrogens (primary N) is 1. The predicted molar refractivity (Wildman–Crippen MR) is 65.5 cm³/mol. The third-order valence-electron chi connectivity index (χ3n) is 2.34. The standard InChI is InChI=1S/C11H9N7O/c1-6-4-15-9(16-5-6)10-17-11(19-18-10)7-8(12)14-3-2-13-7/h2-5H,1H3,(H2,12,14). The van der Waals surface area contributed by atoms with E-state index in [0.717, 1.165) is 5.56 Å². The van der Waals surface area contributed by atoms with Gasteiger partial charge < -0.3 is 10.3 Å². The van der Waals surface area contributed by atoms with E-state index in [0.29, 0.717) is 11.5 Å². The van der Waals surface area contributed by atoms with Crippen LogP contribution >= 0.6 is 0 Å². The zero-order valence-corrected chi connectivity index (χ0v) is 9.98. The quantitative estimate of drug-likeness (QED) is 0.716. The van der Waals surface area contributed by atoms with Crippen LogP contribution in [0, 0.1) is 6.92 Å². The van der Waals surface area contributed by atoms with Crippen molar-refractivity contribution >= 4 is 5.82 Å². The molecule has 94 valence electrons. The van der Waals surface area contributed by atoms with Crippen molar-refractivity contribution in [2.45, 2.75) is 6.92 Å². The molecule has 0 unspecified atom stereocenters. The maximum Gasteiger partial charge on any atom is 0.280 e. The van der Waals surface area contributed by atoms with E-state index >= 15 is 0 Å². The number of hydrogen-bond acceptors (Lipinski definition) is 8. The van der Waals surface area contributed by atoms with Crippen LogP contribution in [0.4, 0.5) is 5.82 Å². The van der Waals surface area contributed by atoms with Crippen molar-refractivity contribution in [3.8, 4) is 23.2 Å². The molecule has 3 aromatic rings. The first-order chi connectivity index (χ1) is 9.24. The van der Waals surface area contributed by atoms with Crippen molar-refractivity contribution in [3.05, 3.63) is 30.4 Å². The average molecular weight is 255 g/mol. The Hall–Kier alpha value is -2.90. The summed E-state index contributed by atoms with van der Waals surface area (Å²) in [5.74, 6) is 1.07. The summed E-state index contributed by atoms with van der Waals surface area (Å²) >= 11 is 0. The summed E-state index contributed by atoms with van der Waals surface area (Å²) in [5, 5.41) is 3.80. The van der Waals surface area contributed by atoms with Gasteiger partial charge in [-0.05, 0) is 12.5 Å². The smallest absolute Gasteiger partial charge is 0.280 e. The fraction of sp³-hybridized carbons (Fsp3) is 0.0909. The van der Waals surface area contributed by atoms with Crippen molar-refractivity contribution in [2.24, 2.45) is 0 Å². The predicted octanol–water partition coefficient (Wildman–Crippen LogP) is 0.874. The Balaban J connectivity index is 2.00. The van der Waals surface area contributed by atoms with Crippen LogP contribution in [0.2, 0.25) is 0 Å². The molecule has 0 fully saturated rings. The number of anilines is 1. The van der Waals surface area contributed by atoms with Crippen LogP contribution in [0.3, 0.4) is 0 Å². The zero-order chi connectivity index (χ0) is 13.2. The Kier molecular flexibility index (Phi) is 2.60. The molecule has 2 N–H and O–H groups in total. The fourth-order valence-corrected chi connectivity index (χ4v) is 1.43. The minimum Gasteiger partial charge on any atom is -0.382 e. The molecule has 0 aromatic carbocycles. The minimum atomic E-state index is 0.185. The highest BCUT2D eigenvalue weighted by molar-refractivity contribution is 5.62. The molecular weight excluding hydrogens is 246 g/mol. The summed E-state index contributed by atoms with van der Waals surface area (Å²) in [6, 6.07) is 0. The number of aromatic nitrogens is 6. The first kappa shape index (κ1) is 11.2.